The van der Waals surface area contributed by atoms with E-state index in [2.05, 4.69) is 20.8 Å². The van der Waals surface area contributed by atoms with E-state index in [1.54, 1.807) is 25.6 Å². The second-order valence-corrected chi connectivity index (χ2v) is 6.39. The van der Waals surface area contributed by atoms with Crippen molar-refractivity contribution in [3.8, 4) is 0 Å². The van der Waals surface area contributed by atoms with Gasteiger partial charge in [-0.05, 0) is 13.8 Å². The van der Waals surface area contributed by atoms with Crippen LogP contribution in [0.15, 0.2) is 0 Å². The molecule has 0 aliphatic carbocycles. The van der Waals surface area contributed by atoms with Crippen LogP contribution in [0.1, 0.15) is 34.6 Å². The fraction of sp³-hybridized carbons (Fsp3) is 0.889. The first-order chi connectivity index (χ1) is 5.15. The summed E-state index contributed by atoms with van der Waals surface area (Å²) in [5.74, 6) is -0.0644. The van der Waals surface area contributed by atoms with Crippen molar-refractivity contribution in [3.63, 3.8) is 0 Å². The van der Waals surface area contributed by atoms with Gasteiger partial charge in [0.2, 0.25) is 0 Å². The summed E-state index contributed by atoms with van der Waals surface area (Å²) in [7, 11) is 0. The zero-order chi connectivity index (χ0) is 9.99. The minimum atomic E-state index is -0.723. The molecule has 1 N–H and O–H groups in total. The van der Waals surface area contributed by atoms with Gasteiger partial charge in [0, 0.05) is 10.5 Å². The Labute approximate surface area is 78.7 Å². The largest absolute Gasteiger partial charge is 0.481 e. The third-order valence-electron chi connectivity index (χ3n) is 1.44. The zero-order valence-corrected chi connectivity index (χ0v) is 9.29. The molecule has 0 saturated carbocycles. The molecule has 3 heteroatoms. The van der Waals surface area contributed by atoms with Gasteiger partial charge in [0.1, 0.15) is 0 Å². The number of rotatable bonds is 3. The molecule has 0 aliphatic heterocycles. The molecular weight excluding hydrogens is 172 g/mol. The Morgan fingerprint density at radius 3 is 1.92 bits per heavy atom. The van der Waals surface area contributed by atoms with E-state index in [0.717, 1.165) is 0 Å². The highest BCUT2D eigenvalue weighted by Crippen LogP contribution is 2.30. The van der Waals surface area contributed by atoms with Crippen molar-refractivity contribution in [2.75, 3.05) is 5.75 Å². The molecule has 0 saturated heterocycles. The predicted molar refractivity (Wildman–Crippen MR) is 53.6 cm³/mol. The molecule has 2 nitrogen and oxygen atoms in total. The number of carboxylic acid groups (broad SMARTS) is 1. The van der Waals surface area contributed by atoms with E-state index in [0.29, 0.717) is 5.75 Å². The molecule has 0 fully saturated rings. The van der Waals surface area contributed by atoms with Crippen LogP contribution in [0.5, 0.6) is 0 Å². The third kappa shape index (κ3) is 4.65. The normalized spacial score (nSPS) is 13.1. The van der Waals surface area contributed by atoms with Crippen molar-refractivity contribution in [1.29, 1.82) is 0 Å². The van der Waals surface area contributed by atoms with Gasteiger partial charge < -0.3 is 5.11 Å². The molecule has 72 valence electrons. The molecule has 0 heterocycles. The molecule has 0 rings (SSSR count). The lowest BCUT2D eigenvalue weighted by Gasteiger charge is -2.24. The van der Waals surface area contributed by atoms with Crippen LogP contribution >= 0.6 is 11.8 Å². The maximum absolute atomic E-state index is 10.7. The van der Waals surface area contributed by atoms with Crippen LogP contribution < -0.4 is 0 Å². The molecule has 0 aromatic rings. The summed E-state index contributed by atoms with van der Waals surface area (Å²) in [6.45, 7) is 9.79. The zero-order valence-electron chi connectivity index (χ0n) is 8.47. The van der Waals surface area contributed by atoms with E-state index in [-0.39, 0.29) is 4.75 Å². The lowest BCUT2D eigenvalue weighted by atomic mass is 9.97. The summed E-state index contributed by atoms with van der Waals surface area (Å²) in [5.41, 5.74) is -0.613. The van der Waals surface area contributed by atoms with Gasteiger partial charge in [0.25, 0.3) is 0 Å². The van der Waals surface area contributed by atoms with Crippen molar-refractivity contribution in [1.82, 2.24) is 0 Å². The molecule has 0 aromatic carbocycles. The lowest BCUT2D eigenvalue weighted by Crippen LogP contribution is -2.28. The fourth-order valence-corrected chi connectivity index (χ4v) is 1.38. The minimum Gasteiger partial charge on any atom is -0.481 e. The Morgan fingerprint density at radius 1 is 1.25 bits per heavy atom. The van der Waals surface area contributed by atoms with Crippen LogP contribution in [0.25, 0.3) is 0 Å². The van der Waals surface area contributed by atoms with Gasteiger partial charge in [-0.25, -0.2) is 0 Å². The summed E-state index contributed by atoms with van der Waals surface area (Å²) < 4.78 is 0.146. The second-order valence-electron chi connectivity index (χ2n) is 4.59. The molecule has 0 spiro atoms. The number of thioether (sulfide) groups is 1. The lowest BCUT2D eigenvalue weighted by molar-refractivity contribution is -0.145. The maximum atomic E-state index is 10.7. The van der Waals surface area contributed by atoms with Crippen molar-refractivity contribution in [3.05, 3.63) is 0 Å². The van der Waals surface area contributed by atoms with Crippen molar-refractivity contribution < 1.29 is 9.90 Å². The van der Waals surface area contributed by atoms with E-state index in [1.807, 2.05) is 0 Å². The molecule has 0 amide bonds. The molecule has 0 bridgehead atoms. The Kier molecular flexibility index (Phi) is 3.63. The van der Waals surface area contributed by atoms with Crippen LogP contribution in [0.2, 0.25) is 0 Å². The SMILES string of the molecule is CC(C)(C)SCC(C)(C)C(=O)O. The summed E-state index contributed by atoms with van der Waals surface area (Å²) in [6, 6.07) is 0. The predicted octanol–water partition coefficient (Wildman–Crippen LogP) is 2.63. The molecule has 0 unspecified atom stereocenters. The van der Waals surface area contributed by atoms with E-state index in [1.165, 1.54) is 0 Å². The van der Waals surface area contributed by atoms with Crippen LogP contribution in [0.3, 0.4) is 0 Å². The summed E-state index contributed by atoms with van der Waals surface area (Å²) in [4.78, 5) is 10.7. The van der Waals surface area contributed by atoms with Crippen LogP contribution in [0, 0.1) is 5.41 Å². The summed E-state index contributed by atoms with van der Waals surface area (Å²) in [5, 5.41) is 8.82. The van der Waals surface area contributed by atoms with E-state index in [4.69, 9.17) is 5.11 Å². The maximum Gasteiger partial charge on any atom is 0.309 e. The van der Waals surface area contributed by atoms with Gasteiger partial charge in [0.15, 0.2) is 0 Å². The van der Waals surface area contributed by atoms with Gasteiger partial charge in [-0.2, -0.15) is 11.8 Å². The minimum absolute atomic E-state index is 0.146. The number of aliphatic carboxylic acids is 1. The second kappa shape index (κ2) is 3.69. The smallest absolute Gasteiger partial charge is 0.309 e. The molecule has 0 radical (unpaired) electrons. The van der Waals surface area contributed by atoms with Crippen LogP contribution in [0.4, 0.5) is 0 Å². The summed E-state index contributed by atoms with van der Waals surface area (Å²) >= 11 is 1.69. The summed E-state index contributed by atoms with van der Waals surface area (Å²) in [6.07, 6.45) is 0. The van der Waals surface area contributed by atoms with E-state index in [9.17, 15) is 4.79 Å². The number of hydrogen-bond donors (Lipinski definition) is 1. The Hall–Kier alpha value is -0.180. The van der Waals surface area contributed by atoms with Crippen molar-refractivity contribution in [2.24, 2.45) is 5.41 Å². The molecule has 0 aromatic heterocycles. The van der Waals surface area contributed by atoms with Gasteiger partial charge in [-0.15, -0.1) is 0 Å². The van der Waals surface area contributed by atoms with Crippen molar-refractivity contribution in [2.45, 2.75) is 39.4 Å². The average molecular weight is 190 g/mol. The van der Waals surface area contributed by atoms with E-state index < -0.39 is 11.4 Å². The van der Waals surface area contributed by atoms with Gasteiger partial charge >= 0.3 is 5.97 Å². The van der Waals surface area contributed by atoms with Crippen LogP contribution in [-0.4, -0.2) is 21.6 Å². The molecule has 0 atom stereocenters. The Balaban J connectivity index is 4.01. The topological polar surface area (TPSA) is 37.3 Å². The van der Waals surface area contributed by atoms with Crippen molar-refractivity contribution >= 4 is 17.7 Å². The monoisotopic (exact) mass is 190 g/mol. The van der Waals surface area contributed by atoms with Gasteiger partial charge in [-0.1, -0.05) is 20.8 Å². The number of carbonyl (C=O) groups is 1. The quantitative estimate of drug-likeness (QED) is 0.743. The first kappa shape index (κ1) is 11.8. The number of carboxylic acids is 1. The first-order valence-electron chi connectivity index (χ1n) is 4.02. The number of hydrogen-bond acceptors (Lipinski definition) is 2. The fourth-order valence-electron chi connectivity index (χ4n) is 0.459. The van der Waals surface area contributed by atoms with Crippen LogP contribution in [-0.2, 0) is 4.79 Å². The highest BCUT2D eigenvalue weighted by Gasteiger charge is 2.29. The standard InChI is InChI=1S/C9H18O2S/c1-8(2,3)12-6-9(4,5)7(10)11/h6H2,1-5H3,(H,10,11). The highest BCUT2D eigenvalue weighted by atomic mass is 32.2. The molecule has 12 heavy (non-hydrogen) atoms. The molecular formula is C9H18O2S. The average Bonchev–Trinajstić information content (AvgIpc) is 1.82. The van der Waals surface area contributed by atoms with E-state index >= 15 is 0 Å². The highest BCUT2D eigenvalue weighted by molar-refractivity contribution is 8.00. The Morgan fingerprint density at radius 2 is 1.67 bits per heavy atom. The Bertz CT molecular complexity index is 168. The van der Waals surface area contributed by atoms with Gasteiger partial charge in [-0.3, -0.25) is 4.79 Å². The third-order valence-corrected chi connectivity index (χ3v) is 3.18. The first-order valence-corrected chi connectivity index (χ1v) is 5.01. The molecule has 0 aliphatic rings. The van der Waals surface area contributed by atoms with Gasteiger partial charge in [0.05, 0.1) is 5.41 Å².